The van der Waals surface area contributed by atoms with E-state index in [2.05, 4.69) is 5.10 Å². The second kappa shape index (κ2) is 3.46. The lowest BCUT2D eigenvalue weighted by Crippen LogP contribution is -1.90. The van der Waals surface area contributed by atoms with Crippen LogP contribution in [0.25, 0.3) is 11.1 Å². The highest BCUT2D eigenvalue weighted by atomic mass is 19.2. The Bertz CT molecular complexity index is 480. The van der Waals surface area contributed by atoms with Gasteiger partial charge >= 0.3 is 0 Å². The molecule has 0 fully saturated rings. The van der Waals surface area contributed by atoms with Crippen LogP contribution < -0.4 is 0 Å². The van der Waals surface area contributed by atoms with Gasteiger partial charge in [-0.25, -0.2) is 8.78 Å². The lowest BCUT2D eigenvalue weighted by Gasteiger charge is -2.02. The summed E-state index contributed by atoms with van der Waals surface area (Å²) in [6.07, 6.45) is 3.37. The molecular weight excluding hydrogens is 198 g/mol. The van der Waals surface area contributed by atoms with Gasteiger partial charge in [-0.2, -0.15) is 5.10 Å². The smallest absolute Gasteiger partial charge is 0.161 e. The third-order valence-electron chi connectivity index (χ3n) is 2.25. The van der Waals surface area contributed by atoms with E-state index in [0.29, 0.717) is 11.1 Å². The number of aromatic nitrogens is 2. The molecule has 0 radical (unpaired) electrons. The van der Waals surface area contributed by atoms with Crippen LogP contribution in [0.1, 0.15) is 5.56 Å². The molecule has 1 aromatic carbocycles. The molecule has 0 bridgehead atoms. The van der Waals surface area contributed by atoms with Crippen LogP contribution in [0.5, 0.6) is 0 Å². The zero-order valence-electron chi connectivity index (χ0n) is 8.46. The van der Waals surface area contributed by atoms with E-state index >= 15 is 0 Å². The fourth-order valence-corrected chi connectivity index (χ4v) is 1.46. The standard InChI is InChI=1S/C11H10F2N2/c1-7-3-8(4-10(12)11(7)13)9-5-14-15(2)6-9/h3-6H,1-2H3. The SMILES string of the molecule is Cc1cc(-c2cnn(C)c2)cc(F)c1F. The zero-order valence-corrected chi connectivity index (χ0v) is 8.46. The van der Waals surface area contributed by atoms with E-state index in [4.69, 9.17) is 0 Å². The molecule has 0 aliphatic rings. The molecule has 0 N–H and O–H groups in total. The average molecular weight is 208 g/mol. The topological polar surface area (TPSA) is 17.8 Å². The number of hydrogen-bond donors (Lipinski definition) is 0. The fraction of sp³-hybridized carbons (Fsp3) is 0.182. The Labute approximate surface area is 86.2 Å². The van der Waals surface area contributed by atoms with Crippen molar-refractivity contribution in [3.8, 4) is 11.1 Å². The van der Waals surface area contributed by atoms with Crippen LogP contribution in [0.4, 0.5) is 8.78 Å². The Morgan fingerprint density at radius 2 is 1.93 bits per heavy atom. The molecule has 2 aromatic rings. The number of rotatable bonds is 1. The number of nitrogens with zero attached hydrogens (tertiary/aromatic N) is 2. The van der Waals surface area contributed by atoms with Gasteiger partial charge in [0.25, 0.3) is 0 Å². The molecule has 0 saturated carbocycles. The van der Waals surface area contributed by atoms with E-state index in [1.807, 2.05) is 0 Å². The van der Waals surface area contributed by atoms with Crippen molar-refractivity contribution < 1.29 is 8.78 Å². The predicted octanol–water partition coefficient (Wildman–Crippen LogP) is 2.67. The van der Waals surface area contributed by atoms with Crippen molar-refractivity contribution in [2.24, 2.45) is 7.05 Å². The monoisotopic (exact) mass is 208 g/mol. The van der Waals surface area contributed by atoms with Crippen molar-refractivity contribution in [1.82, 2.24) is 9.78 Å². The summed E-state index contributed by atoms with van der Waals surface area (Å²) in [6, 6.07) is 2.79. The van der Waals surface area contributed by atoms with Gasteiger partial charge in [-0.1, -0.05) is 0 Å². The van der Waals surface area contributed by atoms with E-state index in [9.17, 15) is 8.78 Å². The number of aryl methyl sites for hydroxylation is 2. The predicted molar refractivity (Wildman–Crippen MR) is 53.3 cm³/mol. The first kappa shape index (κ1) is 9.83. The van der Waals surface area contributed by atoms with Crippen molar-refractivity contribution in [1.29, 1.82) is 0 Å². The van der Waals surface area contributed by atoms with Crippen molar-refractivity contribution in [3.63, 3.8) is 0 Å². The number of benzene rings is 1. The van der Waals surface area contributed by atoms with Gasteiger partial charge in [-0.15, -0.1) is 0 Å². The summed E-state index contributed by atoms with van der Waals surface area (Å²) in [7, 11) is 1.77. The molecule has 0 atom stereocenters. The summed E-state index contributed by atoms with van der Waals surface area (Å²) in [4.78, 5) is 0. The van der Waals surface area contributed by atoms with Gasteiger partial charge in [0, 0.05) is 18.8 Å². The lowest BCUT2D eigenvalue weighted by atomic mass is 10.1. The molecule has 0 aliphatic carbocycles. The Kier molecular flexibility index (Phi) is 2.26. The maximum atomic E-state index is 13.1. The first-order chi connectivity index (χ1) is 7.08. The van der Waals surface area contributed by atoms with Crippen molar-refractivity contribution in [2.75, 3.05) is 0 Å². The van der Waals surface area contributed by atoms with E-state index < -0.39 is 11.6 Å². The van der Waals surface area contributed by atoms with Crippen LogP contribution in [0.15, 0.2) is 24.5 Å². The minimum Gasteiger partial charge on any atom is -0.275 e. The third-order valence-corrected chi connectivity index (χ3v) is 2.25. The Hall–Kier alpha value is -1.71. The summed E-state index contributed by atoms with van der Waals surface area (Å²) >= 11 is 0. The van der Waals surface area contributed by atoms with Crippen LogP contribution >= 0.6 is 0 Å². The molecule has 2 nitrogen and oxygen atoms in total. The summed E-state index contributed by atoms with van der Waals surface area (Å²) < 4.78 is 27.8. The van der Waals surface area contributed by atoms with E-state index in [1.165, 1.54) is 13.0 Å². The summed E-state index contributed by atoms with van der Waals surface area (Å²) in [5.74, 6) is -1.61. The first-order valence-corrected chi connectivity index (χ1v) is 4.52. The normalized spacial score (nSPS) is 10.7. The Morgan fingerprint density at radius 1 is 1.20 bits per heavy atom. The highest BCUT2D eigenvalue weighted by molar-refractivity contribution is 5.62. The van der Waals surface area contributed by atoms with Gasteiger partial charge < -0.3 is 0 Å². The van der Waals surface area contributed by atoms with Crippen LogP contribution in [-0.4, -0.2) is 9.78 Å². The quantitative estimate of drug-likeness (QED) is 0.704. The largest absolute Gasteiger partial charge is 0.275 e. The highest BCUT2D eigenvalue weighted by Crippen LogP contribution is 2.23. The zero-order chi connectivity index (χ0) is 11.0. The van der Waals surface area contributed by atoms with Gasteiger partial charge in [0.1, 0.15) is 0 Å². The molecule has 1 heterocycles. The van der Waals surface area contributed by atoms with Crippen LogP contribution in [0.2, 0.25) is 0 Å². The van der Waals surface area contributed by atoms with Gasteiger partial charge in [0.15, 0.2) is 11.6 Å². The van der Waals surface area contributed by atoms with E-state index in [0.717, 1.165) is 5.56 Å². The van der Waals surface area contributed by atoms with Crippen LogP contribution in [-0.2, 0) is 7.05 Å². The molecule has 0 spiro atoms. The van der Waals surface area contributed by atoms with Crippen molar-refractivity contribution >= 4 is 0 Å². The molecular formula is C11H10F2N2. The second-order valence-corrected chi connectivity index (χ2v) is 3.49. The summed E-state index contributed by atoms with van der Waals surface area (Å²) in [6.45, 7) is 1.54. The minimum atomic E-state index is -0.825. The third kappa shape index (κ3) is 1.75. The van der Waals surface area contributed by atoms with Crippen LogP contribution in [0.3, 0.4) is 0 Å². The fourth-order valence-electron chi connectivity index (χ4n) is 1.46. The molecule has 78 valence electrons. The van der Waals surface area contributed by atoms with Gasteiger partial charge in [0.05, 0.1) is 6.20 Å². The highest BCUT2D eigenvalue weighted by Gasteiger charge is 2.09. The number of halogens is 2. The van der Waals surface area contributed by atoms with Gasteiger partial charge in [0.2, 0.25) is 0 Å². The van der Waals surface area contributed by atoms with E-state index in [-0.39, 0.29) is 0 Å². The van der Waals surface area contributed by atoms with Gasteiger partial charge in [-0.05, 0) is 30.2 Å². The molecule has 15 heavy (non-hydrogen) atoms. The van der Waals surface area contributed by atoms with Crippen molar-refractivity contribution in [3.05, 3.63) is 41.7 Å². The maximum absolute atomic E-state index is 13.1. The second-order valence-electron chi connectivity index (χ2n) is 3.49. The first-order valence-electron chi connectivity index (χ1n) is 4.52. The molecule has 0 saturated heterocycles. The molecule has 4 heteroatoms. The summed E-state index contributed by atoms with van der Waals surface area (Å²) in [5.41, 5.74) is 1.72. The molecule has 1 aromatic heterocycles. The molecule has 2 rings (SSSR count). The van der Waals surface area contributed by atoms with Gasteiger partial charge in [-0.3, -0.25) is 4.68 Å². The Morgan fingerprint density at radius 3 is 2.47 bits per heavy atom. The Balaban J connectivity index is 2.55. The van der Waals surface area contributed by atoms with Crippen molar-refractivity contribution in [2.45, 2.75) is 6.92 Å². The molecule has 0 aliphatic heterocycles. The minimum absolute atomic E-state index is 0.300. The summed E-state index contributed by atoms with van der Waals surface area (Å²) in [5, 5.41) is 3.98. The number of hydrogen-bond acceptors (Lipinski definition) is 1. The van der Waals surface area contributed by atoms with Crippen LogP contribution in [0, 0.1) is 18.6 Å². The molecule has 0 unspecified atom stereocenters. The molecule has 0 amide bonds. The van der Waals surface area contributed by atoms with E-state index in [1.54, 1.807) is 30.2 Å². The average Bonchev–Trinajstić information content (AvgIpc) is 2.60. The maximum Gasteiger partial charge on any atom is 0.161 e. The lowest BCUT2D eigenvalue weighted by molar-refractivity contribution is 0.503.